The van der Waals surface area contributed by atoms with E-state index in [-0.39, 0.29) is 17.9 Å². The molecule has 0 aliphatic carbocycles. The van der Waals surface area contributed by atoms with Crippen molar-refractivity contribution in [2.24, 2.45) is 0 Å². The van der Waals surface area contributed by atoms with Crippen LogP contribution in [0.15, 0.2) is 48.5 Å². The number of aromatic nitrogens is 1. The second-order valence-corrected chi connectivity index (χ2v) is 8.12. The topological polar surface area (TPSA) is 86.9 Å². The van der Waals surface area contributed by atoms with Crippen LogP contribution in [-0.2, 0) is 4.79 Å². The number of piperazine rings is 1. The molecule has 1 atom stereocenters. The van der Waals surface area contributed by atoms with Gasteiger partial charge in [-0.3, -0.25) is 14.5 Å². The average molecular weight is 434 g/mol. The molecule has 0 spiro atoms. The van der Waals surface area contributed by atoms with Crippen molar-refractivity contribution >= 4 is 28.4 Å². The highest BCUT2D eigenvalue weighted by atomic mass is 16.6. The van der Waals surface area contributed by atoms with Gasteiger partial charge in [0.25, 0.3) is 5.91 Å². The maximum Gasteiger partial charge on any atom is 0.270 e. The molecule has 2 aliphatic rings. The predicted molar refractivity (Wildman–Crippen MR) is 121 cm³/mol. The first-order valence-corrected chi connectivity index (χ1v) is 10.9. The standard InChI is InChI=1S/C24H26N4O4/c1-16(23(29)25-18-6-7-21-22(15-18)32-13-12-31-21)27-8-10-28(11-9-27)24(30)20-14-17-4-2-3-5-19(17)26-20/h2-7,14-16,26H,8-13H2,1H3,(H,25,29). The smallest absolute Gasteiger partial charge is 0.270 e. The van der Waals surface area contributed by atoms with Crippen LogP contribution in [0.5, 0.6) is 11.5 Å². The molecule has 2 aliphatic heterocycles. The average Bonchev–Trinajstić information content (AvgIpc) is 3.27. The van der Waals surface area contributed by atoms with Gasteiger partial charge >= 0.3 is 0 Å². The van der Waals surface area contributed by atoms with Gasteiger partial charge in [0, 0.05) is 48.8 Å². The minimum Gasteiger partial charge on any atom is -0.486 e. The van der Waals surface area contributed by atoms with Crippen LogP contribution in [0.25, 0.3) is 10.9 Å². The Kier molecular flexibility index (Phi) is 5.45. The van der Waals surface area contributed by atoms with Crippen LogP contribution in [0.1, 0.15) is 17.4 Å². The van der Waals surface area contributed by atoms with Crippen LogP contribution >= 0.6 is 0 Å². The highest BCUT2D eigenvalue weighted by Crippen LogP contribution is 2.32. The van der Waals surface area contributed by atoms with E-state index in [2.05, 4.69) is 15.2 Å². The Bertz CT molecular complexity index is 1120. The maximum atomic E-state index is 12.9. The van der Waals surface area contributed by atoms with Crippen molar-refractivity contribution in [2.75, 3.05) is 44.7 Å². The van der Waals surface area contributed by atoms with Gasteiger partial charge in [-0.1, -0.05) is 18.2 Å². The SMILES string of the molecule is CC(C(=O)Nc1ccc2c(c1)OCCO2)N1CCN(C(=O)c2cc3ccccc3[nH]2)CC1. The Morgan fingerprint density at radius 3 is 2.50 bits per heavy atom. The van der Waals surface area contributed by atoms with Crippen LogP contribution in [0.2, 0.25) is 0 Å². The summed E-state index contributed by atoms with van der Waals surface area (Å²) in [6, 6.07) is 14.9. The van der Waals surface area contributed by atoms with Gasteiger partial charge in [-0.15, -0.1) is 0 Å². The van der Waals surface area contributed by atoms with E-state index >= 15 is 0 Å². The van der Waals surface area contributed by atoms with Crippen molar-refractivity contribution in [1.29, 1.82) is 0 Å². The van der Waals surface area contributed by atoms with E-state index in [0.717, 1.165) is 10.9 Å². The number of nitrogens with zero attached hydrogens (tertiary/aromatic N) is 2. The number of para-hydroxylation sites is 1. The number of anilines is 1. The van der Waals surface area contributed by atoms with Crippen LogP contribution in [0, 0.1) is 0 Å². The van der Waals surface area contributed by atoms with Gasteiger partial charge in [0.05, 0.1) is 6.04 Å². The number of nitrogens with one attached hydrogen (secondary N) is 2. The molecular formula is C24H26N4O4. The van der Waals surface area contributed by atoms with Crippen molar-refractivity contribution in [3.63, 3.8) is 0 Å². The molecule has 2 aromatic carbocycles. The Labute approximate surface area is 186 Å². The lowest BCUT2D eigenvalue weighted by atomic mass is 10.2. The number of carbonyl (C=O) groups excluding carboxylic acids is 2. The van der Waals surface area contributed by atoms with Crippen molar-refractivity contribution in [1.82, 2.24) is 14.8 Å². The van der Waals surface area contributed by atoms with Gasteiger partial charge < -0.3 is 24.7 Å². The molecule has 8 heteroatoms. The van der Waals surface area contributed by atoms with E-state index in [1.165, 1.54) is 0 Å². The number of ether oxygens (including phenoxy) is 2. The summed E-state index contributed by atoms with van der Waals surface area (Å²) in [6.45, 7) is 5.37. The van der Waals surface area contributed by atoms with Gasteiger partial charge in [-0.05, 0) is 31.2 Å². The Balaban J connectivity index is 1.17. The van der Waals surface area contributed by atoms with Gasteiger partial charge in [0.1, 0.15) is 18.9 Å². The lowest BCUT2D eigenvalue weighted by molar-refractivity contribution is -0.121. The molecule has 0 saturated carbocycles. The van der Waals surface area contributed by atoms with Gasteiger partial charge in [0.2, 0.25) is 5.91 Å². The summed E-state index contributed by atoms with van der Waals surface area (Å²) in [5.41, 5.74) is 2.24. The Morgan fingerprint density at radius 1 is 0.969 bits per heavy atom. The van der Waals surface area contributed by atoms with Crippen molar-refractivity contribution in [2.45, 2.75) is 13.0 Å². The highest BCUT2D eigenvalue weighted by molar-refractivity contribution is 5.98. The fourth-order valence-electron chi connectivity index (χ4n) is 4.20. The lowest BCUT2D eigenvalue weighted by Crippen LogP contribution is -2.54. The predicted octanol–water partition coefficient (Wildman–Crippen LogP) is 2.72. The second kappa shape index (κ2) is 8.55. The zero-order valence-electron chi connectivity index (χ0n) is 18.0. The third-order valence-electron chi connectivity index (χ3n) is 6.10. The van der Waals surface area contributed by atoms with E-state index < -0.39 is 0 Å². The molecular weight excluding hydrogens is 408 g/mol. The first-order valence-electron chi connectivity index (χ1n) is 10.9. The van der Waals surface area contributed by atoms with Gasteiger partial charge in [0.15, 0.2) is 11.5 Å². The monoisotopic (exact) mass is 434 g/mol. The summed E-state index contributed by atoms with van der Waals surface area (Å²) in [5, 5.41) is 3.99. The molecule has 32 heavy (non-hydrogen) atoms. The zero-order chi connectivity index (χ0) is 22.1. The lowest BCUT2D eigenvalue weighted by Gasteiger charge is -2.37. The van der Waals surface area contributed by atoms with Crippen molar-refractivity contribution in [3.05, 3.63) is 54.2 Å². The number of benzene rings is 2. The molecule has 2 N–H and O–H groups in total. The van der Waals surface area contributed by atoms with Gasteiger partial charge in [-0.25, -0.2) is 0 Å². The number of carbonyl (C=O) groups is 2. The molecule has 1 fully saturated rings. The first kappa shape index (κ1) is 20.4. The molecule has 8 nitrogen and oxygen atoms in total. The molecule has 3 heterocycles. The van der Waals surface area contributed by atoms with Crippen molar-refractivity contribution in [3.8, 4) is 11.5 Å². The number of hydrogen-bond donors (Lipinski definition) is 2. The largest absolute Gasteiger partial charge is 0.486 e. The van der Waals surface area contributed by atoms with Crippen LogP contribution in [0.4, 0.5) is 5.69 Å². The van der Waals surface area contributed by atoms with E-state index in [4.69, 9.17) is 9.47 Å². The van der Waals surface area contributed by atoms with E-state index in [1.54, 1.807) is 6.07 Å². The minimum absolute atomic E-state index is 0.00534. The molecule has 5 rings (SSSR count). The first-order chi connectivity index (χ1) is 15.6. The molecule has 1 aromatic heterocycles. The molecule has 0 radical (unpaired) electrons. The Morgan fingerprint density at radius 2 is 1.72 bits per heavy atom. The summed E-state index contributed by atoms with van der Waals surface area (Å²) in [6.07, 6.45) is 0. The van der Waals surface area contributed by atoms with Crippen LogP contribution < -0.4 is 14.8 Å². The molecule has 1 saturated heterocycles. The Hall–Kier alpha value is -3.52. The fraction of sp³-hybridized carbons (Fsp3) is 0.333. The molecule has 0 bridgehead atoms. The second-order valence-electron chi connectivity index (χ2n) is 8.12. The summed E-state index contributed by atoms with van der Waals surface area (Å²) in [4.78, 5) is 32.9. The van der Waals surface area contributed by atoms with E-state index in [1.807, 2.05) is 54.3 Å². The summed E-state index contributed by atoms with van der Waals surface area (Å²) >= 11 is 0. The summed E-state index contributed by atoms with van der Waals surface area (Å²) in [5.74, 6) is 1.25. The minimum atomic E-state index is -0.312. The normalized spacial score (nSPS) is 17.2. The van der Waals surface area contributed by atoms with E-state index in [0.29, 0.717) is 62.3 Å². The molecule has 2 amide bonds. The third-order valence-corrected chi connectivity index (χ3v) is 6.10. The zero-order valence-corrected chi connectivity index (χ0v) is 18.0. The number of hydrogen-bond acceptors (Lipinski definition) is 5. The number of H-pyrrole nitrogens is 1. The fourth-order valence-corrected chi connectivity index (χ4v) is 4.20. The van der Waals surface area contributed by atoms with Crippen LogP contribution in [-0.4, -0.2) is 72.0 Å². The number of aromatic amines is 1. The third kappa shape index (κ3) is 4.01. The van der Waals surface area contributed by atoms with Gasteiger partial charge in [-0.2, -0.15) is 0 Å². The summed E-state index contributed by atoms with van der Waals surface area (Å²) in [7, 11) is 0. The number of rotatable bonds is 4. The van der Waals surface area contributed by atoms with Crippen molar-refractivity contribution < 1.29 is 19.1 Å². The molecule has 1 unspecified atom stereocenters. The molecule has 166 valence electrons. The summed E-state index contributed by atoms with van der Waals surface area (Å²) < 4.78 is 11.1. The number of amides is 2. The highest BCUT2D eigenvalue weighted by Gasteiger charge is 2.28. The van der Waals surface area contributed by atoms with Crippen LogP contribution in [0.3, 0.4) is 0 Å². The number of fused-ring (bicyclic) bond motifs is 2. The quantitative estimate of drug-likeness (QED) is 0.659. The van der Waals surface area contributed by atoms with E-state index in [9.17, 15) is 9.59 Å². The molecule has 3 aromatic rings. The maximum absolute atomic E-state index is 12.9.